The molecule has 2 heteroatoms. The quantitative estimate of drug-likeness (QED) is 0.368. The number of nitrogens with one attached hydrogen (secondary N) is 1. The van der Waals surface area contributed by atoms with Crippen LogP contribution in [0, 0.1) is 28.6 Å². The van der Waals surface area contributed by atoms with Crippen molar-refractivity contribution in [1.82, 2.24) is 5.32 Å². The van der Waals surface area contributed by atoms with E-state index in [1.807, 2.05) is 0 Å². The van der Waals surface area contributed by atoms with Gasteiger partial charge in [0.25, 0.3) is 0 Å². The van der Waals surface area contributed by atoms with Gasteiger partial charge in [-0.25, -0.2) is 0 Å². The predicted molar refractivity (Wildman–Crippen MR) is 163 cm³/mol. The Hall–Kier alpha value is -2.06. The van der Waals surface area contributed by atoms with Gasteiger partial charge in [-0.05, 0) is 134 Å². The Kier molecular flexibility index (Phi) is 7.70. The molecule has 4 aliphatic carbocycles. The zero-order chi connectivity index (χ0) is 27.0. The molecule has 2 N–H and O–H groups in total. The monoisotopic (exact) mass is 525 g/mol. The second kappa shape index (κ2) is 11.1. The fourth-order valence-electron chi connectivity index (χ4n) is 9.70. The summed E-state index contributed by atoms with van der Waals surface area (Å²) in [5, 5.41) is 14.6. The minimum Gasteiger partial charge on any atom is -0.508 e. The average Bonchev–Trinajstić information content (AvgIpc) is 3.35. The van der Waals surface area contributed by atoms with Crippen LogP contribution < -0.4 is 5.32 Å². The van der Waals surface area contributed by atoms with Crippen LogP contribution in [-0.4, -0.2) is 11.7 Å². The molecule has 6 rings (SSSR count). The maximum absolute atomic E-state index is 10.9. The van der Waals surface area contributed by atoms with Gasteiger partial charge in [0.2, 0.25) is 0 Å². The van der Waals surface area contributed by atoms with E-state index in [9.17, 15) is 5.11 Å². The second-order valence-electron chi connectivity index (χ2n) is 14.4. The number of hydrogen-bond donors (Lipinski definition) is 2. The summed E-state index contributed by atoms with van der Waals surface area (Å²) >= 11 is 0. The van der Waals surface area contributed by atoms with Crippen molar-refractivity contribution in [3.8, 4) is 5.75 Å². The third kappa shape index (κ3) is 5.61. The maximum atomic E-state index is 10.9. The lowest BCUT2D eigenvalue weighted by Crippen LogP contribution is -2.40. The Bertz CT molecular complexity index is 1180. The molecule has 2 nitrogen and oxygen atoms in total. The number of rotatable bonds is 6. The number of benzene rings is 2. The molecule has 4 aliphatic rings. The number of phenolic OH excluding ortho intramolecular Hbond substituents is 1. The third-order valence-electron chi connectivity index (χ3n) is 11.3. The third-order valence-corrected chi connectivity index (χ3v) is 11.3. The van der Waals surface area contributed by atoms with Crippen molar-refractivity contribution < 1.29 is 5.11 Å². The highest BCUT2D eigenvalue weighted by molar-refractivity contribution is 5.45. The number of fused-ring (bicyclic) bond motifs is 1. The molecule has 0 aliphatic heterocycles. The van der Waals surface area contributed by atoms with Crippen LogP contribution in [0.1, 0.15) is 126 Å². The first-order valence-corrected chi connectivity index (χ1v) is 16.2. The molecule has 6 atom stereocenters. The van der Waals surface area contributed by atoms with Gasteiger partial charge in [-0.3, -0.25) is 0 Å². The first-order valence-electron chi connectivity index (χ1n) is 16.2. The standard InChI is InChI=1S/C37H51NO/c1-4-38-35-14-13-32(33-11-5-6-12-34(33)35)29-19-27(21-31(39)22-29)18-28-20-30(25-37(24-28)16-7-8-17-37)36(3)15-9-10-26(2)23-36/h5-6,9,11-12,15,19,21-22,26,28,30,32,35,38-39H,4,7-8,10,13-14,16-18,20,23-25H2,1-3H3/t26-,28-,30-,32+,35+,36-/m0/s1. The molecule has 0 radical (unpaired) electrons. The van der Waals surface area contributed by atoms with Crippen LogP contribution in [0.4, 0.5) is 0 Å². The highest BCUT2D eigenvalue weighted by Gasteiger charge is 2.47. The molecule has 0 heterocycles. The molecule has 2 fully saturated rings. The predicted octanol–water partition coefficient (Wildman–Crippen LogP) is 9.48. The zero-order valence-corrected chi connectivity index (χ0v) is 24.7. The summed E-state index contributed by atoms with van der Waals surface area (Å²) < 4.78 is 0. The Balaban J connectivity index is 1.26. The molecule has 39 heavy (non-hydrogen) atoms. The first-order chi connectivity index (χ1) is 18.9. The van der Waals surface area contributed by atoms with Crippen molar-refractivity contribution in [2.45, 2.75) is 110 Å². The number of aromatic hydroxyl groups is 1. The Labute approximate surface area is 237 Å². The highest BCUT2D eigenvalue weighted by atomic mass is 16.3. The van der Waals surface area contributed by atoms with Gasteiger partial charge in [0.05, 0.1) is 0 Å². The minimum absolute atomic E-state index is 0.352. The summed E-state index contributed by atoms with van der Waals surface area (Å²) in [5.74, 6) is 3.14. The van der Waals surface area contributed by atoms with E-state index in [4.69, 9.17) is 0 Å². The average molecular weight is 526 g/mol. The van der Waals surface area contributed by atoms with Gasteiger partial charge in [0.1, 0.15) is 5.75 Å². The lowest BCUT2D eigenvalue weighted by Gasteiger charge is -2.50. The van der Waals surface area contributed by atoms with Crippen molar-refractivity contribution in [3.05, 3.63) is 76.9 Å². The lowest BCUT2D eigenvalue weighted by atomic mass is 9.55. The second-order valence-corrected chi connectivity index (χ2v) is 14.4. The number of hydrogen-bond acceptors (Lipinski definition) is 2. The van der Waals surface area contributed by atoms with Crippen molar-refractivity contribution in [1.29, 1.82) is 0 Å². The lowest BCUT2D eigenvalue weighted by molar-refractivity contribution is 0.0309. The van der Waals surface area contributed by atoms with Gasteiger partial charge in [0.15, 0.2) is 0 Å². The van der Waals surface area contributed by atoms with Crippen LogP contribution >= 0.6 is 0 Å². The fourth-order valence-corrected chi connectivity index (χ4v) is 9.70. The van der Waals surface area contributed by atoms with Crippen molar-refractivity contribution in [3.63, 3.8) is 0 Å². The van der Waals surface area contributed by atoms with Crippen LogP contribution in [0.25, 0.3) is 0 Å². The van der Waals surface area contributed by atoms with Gasteiger partial charge in [-0.2, -0.15) is 0 Å². The molecular weight excluding hydrogens is 474 g/mol. The topological polar surface area (TPSA) is 32.3 Å². The summed E-state index contributed by atoms with van der Waals surface area (Å²) in [6.07, 6.45) is 21.0. The Morgan fingerprint density at radius 3 is 2.54 bits per heavy atom. The summed E-state index contributed by atoms with van der Waals surface area (Å²) in [4.78, 5) is 0. The fraction of sp³-hybridized carbons (Fsp3) is 0.622. The molecule has 1 spiro atoms. The van der Waals surface area contributed by atoms with E-state index >= 15 is 0 Å². The van der Waals surface area contributed by atoms with Gasteiger partial charge < -0.3 is 10.4 Å². The Morgan fingerprint density at radius 1 is 0.974 bits per heavy atom. The van der Waals surface area contributed by atoms with Crippen molar-refractivity contribution >= 4 is 0 Å². The molecule has 210 valence electrons. The molecular formula is C37H51NO. The Morgan fingerprint density at radius 2 is 1.77 bits per heavy atom. The minimum atomic E-state index is 0.352. The van der Waals surface area contributed by atoms with E-state index in [1.165, 1.54) is 80.0 Å². The summed E-state index contributed by atoms with van der Waals surface area (Å²) in [5.41, 5.74) is 6.47. The largest absolute Gasteiger partial charge is 0.508 e. The summed E-state index contributed by atoms with van der Waals surface area (Å²) in [7, 11) is 0. The number of allylic oxidation sites excluding steroid dienone is 2. The number of phenols is 1. The van der Waals surface area contributed by atoms with Crippen LogP contribution in [0.2, 0.25) is 0 Å². The van der Waals surface area contributed by atoms with Crippen LogP contribution in [0.5, 0.6) is 5.75 Å². The van der Waals surface area contributed by atoms with Crippen molar-refractivity contribution in [2.24, 2.45) is 28.6 Å². The SMILES string of the molecule is CCN[C@@H]1CC[C@H](c2cc(O)cc(C[C@H]3C[C@H]([C@@]4(C)C=CC[C@H](C)C4)CC4(CCCC4)C3)c2)c2ccccc21. The van der Waals surface area contributed by atoms with Crippen LogP contribution in [-0.2, 0) is 6.42 Å². The van der Waals surface area contributed by atoms with Gasteiger partial charge in [-0.15, -0.1) is 0 Å². The van der Waals surface area contributed by atoms with Gasteiger partial charge in [0, 0.05) is 12.0 Å². The van der Waals surface area contributed by atoms with E-state index in [-0.39, 0.29) is 0 Å². The van der Waals surface area contributed by atoms with E-state index in [0.717, 1.165) is 43.6 Å². The normalized spacial score (nSPS) is 33.8. The highest BCUT2D eigenvalue weighted by Crippen LogP contribution is 2.58. The molecule has 0 aromatic heterocycles. The van der Waals surface area contributed by atoms with E-state index in [0.29, 0.717) is 28.5 Å². The molecule has 2 aromatic rings. The van der Waals surface area contributed by atoms with Gasteiger partial charge in [-0.1, -0.05) is 76.1 Å². The first kappa shape index (κ1) is 27.1. The van der Waals surface area contributed by atoms with Crippen LogP contribution in [0.3, 0.4) is 0 Å². The molecule has 2 saturated carbocycles. The maximum Gasteiger partial charge on any atom is 0.116 e. The van der Waals surface area contributed by atoms with E-state index < -0.39 is 0 Å². The molecule has 0 bridgehead atoms. The van der Waals surface area contributed by atoms with Crippen molar-refractivity contribution in [2.75, 3.05) is 6.54 Å². The van der Waals surface area contributed by atoms with E-state index in [2.05, 4.69) is 80.7 Å². The molecule has 0 saturated heterocycles. The molecule has 0 unspecified atom stereocenters. The van der Waals surface area contributed by atoms with Crippen LogP contribution in [0.15, 0.2) is 54.6 Å². The molecule has 2 aromatic carbocycles. The molecule has 0 amide bonds. The van der Waals surface area contributed by atoms with E-state index in [1.54, 1.807) is 0 Å². The summed E-state index contributed by atoms with van der Waals surface area (Å²) in [6.45, 7) is 8.22. The summed E-state index contributed by atoms with van der Waals surface area (Å²) in [6, 6.07) is 16.0. The zero-order valence-electron chi connectivity index (χ0n) is 24.7. The van der Waals surface area contributed by atoms with Gasteiger partial charge >= 0.3 is 0 Å². The smallest absolute Gasteiger partial charge is 0.116 e.